The topological polar surface area (TPSA) is 73.6 Å². The highest BCUT2D eigenvalue weighted by Crippen LogP contribution is 2.45. The van der Waals surface area contributed by atoms with Crippen LogP contribution < -0.4 is 9.47 Å². The molecule has 0 amide bonds. The summed E-state index contributed by atoms with van der Waals surface area (Å²) in [6.45, 7) is 1.97. The third-order valence-corrected chi connectivity index (χ3v) is 3.68. The zero-order chi connectivity index (χ0) is 14.4. The fourth-order valence-corrected chi connectivity index (χ4v) is 2.43. The molecular weight excluding hydrogens is 284 g/mol. The zero-order valence-corrected chi connectivity index (χ0v) is 11.6. The van der Waals surface area contributed by atoms with E-state index in [0.29, 0.717) is 22.2 Å². The van der Waals surface area contributed by atoms with Gasteiger partial charge < -0.3 is 14.6 Å². The van der Waals surface area contributed by atoms with Crippen LogP contribution in [0.5, 0.6) is 11.5 Å². The van der Waals surface area contributed by atoms with Gasteiger partial charge in [-0.25, -0.2) is 4.79 Å². The Bertz CT molecular complexity index is 724. The van der Waals surface area contributed by atoms with Gasteiger partial charge in [-0.3, -0.25) is 4.68 Å². The van der Waals surface area contributed by atoms with Crippen molar-refractivity contribution in [3.63, 3.8) is 0 Å². The highest BCUT2D eigenvalue weighted by atomic mass is 35.5. The maximum atomic E-state index is 11.0. The Morgan fingerprint density at radius 3 is 2.85 bits per heavy atom. The van der Waals surface area contributed by atoms with Crippen molar-refractivity contribution in [3.05, 3.63) is 28.4 Å². The molecule has 1 aliphatic heterocycles. The van der Waals surface area contributed by atoms with Gasteiger partial charge in [-0.1, -0.05) is 11.6 Å². The number of fused-ring (bicyclic) bond motifs is 1. The van der Waals surface area contributed by atoms with Gasteiger partial charge in [0.2, 0.25) is 6.79 Å². The molecule has 7 heteroatoms. The average Bonchev–Trinajstić information content (AvgIpc) is 3.00. The smallest absolute Gasteiger partial charge is 0.356 e. The molecule has 0 radical (unpaired) electrons. The molecule has 1 aromatic heterocycles. The maximum Gasteiger partial charge on any atom is 0.356 e. The second-order valence-corrected chi connectivity index (χ2v) is 4.82. The van der Waals surface area contributed by atoms with Crippen LogP contribution >= 0.6 is 11.6 Å². The standard InChI is InChI=1S/C13H11ClN2O4/c1-6-7(3-10-12(11(6)14)20-5-19-10)9-4-8(13(17)18)15-16(9)2/h3-4H,5H2,1-2H3,(H,17,18). The van der Waals surface area contributed by atoms with Gasteiger partial charge in [0.25, 0.3) is 0 Å². The molecule has 20 heavy (non-hydrogen) atoms. The Hall–Kier alpha value is -2.21. The molecule has 0 saturated carbocycles. The number of aromatic carboxylic acids is 1. The Balaban J connectivity index is 2.20. The first-order valence-corrected chi connectivity index (χ1v) is 6.23. The van der Waals surface area contributed by atoms with Crippen LogP contribution in [0, 0.1) is 6.92 Å². The summed E-state index contributed by atoms with van der Waals surface area (Å²) in [6, 6.07) is 3.29. The van der Waals surface area contributed by atoms with E-state index < -0.39 is 5.97 Å². The Morgan fingerprint density at radius 1 is 1.45 bits per heavy atom. The lowest BCUT2D eigenvalue weighted by molar-refractivity contribution is 0.0689. The number of rotatable bonds is 2. The lowest BCUT2D eigenvalue weighted by Gasteiger charge is -2.10. The van der Waals surface area contributed by atoms with Crippen LogP contribution in [0.4, 0.5) is 0 Å². The molecule has 2 aromatic rings. The van der Waals surface area contributed by atoms with Crippen molar-refractivity contribution < 1.29 is 19.4 Å². The second-order valence-electron chi connectivity index (χ2n) is 4.44. The van der Waals surface area contributed by atoms with Crippen LogP contribution in [0.3, 0.4) is 0 Å². The van der Waals surface area contributed by atoms with E-state index in [-0.39, 0.29) is 12.5 Å². The summed E-state index contributed by atoms with van der Waals surface area (Å²) < 4.78 is 12.1. The minimum absolute atomic E-state index is 0.0179. The van der Waals surface area contributed by atoms with Crippen molar-refractivity contribution >= 4 is 17.6 Å². The SMILES string of the molecule is Cc1c(-c2cc(C(=O)O)nn2C)cc2c(c1Cl)OCO2. The number of benzene rings is 1. The molecule has 1 aromatic carbocycles. The van der Waals surface area contributed by atoms with E-state index in [4.69, 9.17) is 26.2 Å². The van der Waals surface area contributed by atoms with E-state index in [0.717, 1.165) is 11.1 Å². The Morgan fingerprint density at radius 2 is 2.20 bits per heavy atom. The van der Waals surface area contributed by atoms with Gasteiger partial charge in [0.05, 0.1) is 10.7 Å². The van der Waals surface area contributed by atoms with Crippen molar-refractivity contribution in [3.8, 4) is 22.8 Å². The average molecular weight is 295 g/mol. The maximum absolute atomic E-state index is 11.0. The summed E-state index contributed by atoms with van der Waals surface area (Å²) in [5.41, 5.74) is 2.19. The number of hydrogen-bond acceptors (Lipinski definition) is 4. The Labute approximate surface area is 119 Å². The predicted octanol–water partition coefficient (Wildman–Crippen LogP) is 2.48. The van der Waals surface area contributed by atoms with Gasteiger partial charge >= 0.3 is 5.97 Å². The number of carbonyl (C=O) groups is 1. The van der Waals surface area contributed by atoms with Crippen molar-refractivity contribution in [2.45, 2.75) is 6.92 Å². The summed E-state index contributed by atoms with van der Waals surface area (Å²) in [7, 11) is 1.68. The number of aromatic nitrogens is 2. The highest BCUT2D eigenvalue weighted by molar-refractivity contribution is 6.33. The normalized spacial score (nSPS) is 12.8. The molecule has 0 bridgehead atoms. The van der Waals surface area contributed by atoms with E-state index in [1.165, 1.54) is 10.7 Å². The number of carboxylic acid groups (broad SMARTS) is 1. The summed E-state index contributed by atoms with van der Waals surface area (Å²) in [4.78, 5) is 11.0. The molecule has 1 aliphatic rings. The molecule has 0 unspecified atom stereocenters. The lowest BCUT2D eigenvalue weighted by atomic mass is 10.0. The number of aryl methyl sites for hydroxylation is 1. The second kappa shape index (κ2) is 4.42. The van der Waals surface area contributed by atoms with Gasteiger partial charge in [0, 0.05) is 12.6 Å². The van der Waals surface area contributed by atoms with Crippen molar-refractivity contribution in [2.75, 3.05) is 6.79 Å². The summed E-state index contributed by atoms with van der Waals surface area (Å²) in [5.74, 6) is -0.00133. The number of hydrogen-bond donors (Lipinski definition) is 1. The summed E-state index contributed by atoms with van der Waals surface area (Å²) in [6.07, 6.45) is 0. The Kier molecular flexibility index (Phi) is 2.83. The quantitative estimate of drug-likeness (QED) is 0.921. The van der Waals surface area contributed by atoms with Crippen LogP contribution in [-0.4, -0.2) is 27.6 Å². The van der Waals surface area contributed by atoms with Gasteiger partial charge in [-0.05, 0) is 24.6 Å². The monoisotopic (exact) mass is 294 g/mol. The molecule has 0 aliphatic carbocycles. The van der Waals surface area contributed by atoms with E-state index >= 15 is 0 Å². The van der Waals surface area contributed by atoms with Crippen LogP contribution in [0.15, 0.2) is 12.1 Å². The molecule has 104 valence electrons. The molecule has 2 heterocycles. The first-order valence-electron chi connectivity index (χ1n) is 5.85. The zero-order valence-electron chi connectivity index (χ0n) is 10.8. The molecule has 0 fully saturated rings. The fourth-order valence-electron chi connectivity index (χ4n) is 2.19. The van der Waals surface area contributed by atoms with E-state index in [1.54, 1.807) is 13.1 Å². The fraction of sp³-hybridized carbons (Fsp3) is 0.231. The van der Waals surface area contributed by atoms with E-state index in [9.17, 15) is 4.79 Å². The number of carboxylic acids is 1. The molecule has 0 atom stereocenters. The first kappa shape index (κ1) is 12.8. The summed E-state index contributed by atoms with van der Waals surface area (Å²) in [5, 5.41) is 13.4. The minimum atomic E-state index is -1.07. The first-order chi connectivity index (χ1) is 9.49. The molecular formula is C13H11ClN2O4. The molecule has 0 spiro atoms. The lowest BCUT2D eigenvalue weighted by Crippen LogP contribution is -1.99. The van der Waals surface area contributed by atoms with Crippen molar-refractivity contribution in [1.29, 1.82) is 0 Å². The number of halogens is 1. The van der Waals surface area contributed by atoms with Crippen LogP contribution in [0.25, 0.3) is 11.3 Å². The number of nitrogens with zero attached hydrogens (tertiary/aromatic N) is 2. The largest absolute Gasteiger partial charge is 0.476 e. The predicted molar refractivity (Wildman–Crippen MR) is 71.5 cm³/mol. The van der Waals surface area contributed by atoms with Gasteiger partial charge in [0.15, 0.2) is 17.2 Å². The van der Waals surface area contributed by atoms with E-state index in [2.05, 4.69) is 5.10 Å². The van der Waals surface area contributed by atoms with Crippen molar-refractivity contribution in [2.24, 2.45) is 7.05 Å². The van der Waals surface area contributed by atoms with Gasteiger partial charge in [0.1, 0.15) is 0 Å². The van der Waals surface area contributed by atoms with Crippen LogP contribution in [0.2, 0.25) is 5.02 Å². The molecule has 1 N–H and O–H groups in total. The van der Waals surface area contributed by atoms with Crippen LogP contribution in [-0.2, 0) is 7.05 Å². The highest BCUT2D eigenvalue weighted by Gasteiger charge is 2.24. The number of ether oxygens (including phenoxy) is 2. The molecule has 6 nitrogen and oxygen atoms in total. The third-order valence-electron chi connectivity index (χ3n) is 3.22. The minimum Gasteiger partial charge on any atom is -0.476 e. The van der Waals surface area contributed by atoms with Crippen LogP contribution in [0.1, 0.15) is 16.1 Å². The molecule has 3 rings (SSSR count). The van der Waals surface area contributed by atoms with Gasteiger partial charge in [-0.2, -0.15) is 5.10 Å². The van der Waals surface area contributed by atoms with E-state index in [1.807, 2.05) is 6.92 Å². The summed E-state index contributed by atoms with van der Waals surface area (Å²) >= 11 is 6.26. The van der Waals surface area contributed by atoms with Crippen molar-refractivity contribution in [1.82, 2.24) is 9.78 Å². The molecule has 0 saturated heterocycles. The van der Waals surface area contributed by atoms with Gasteiger partial charge in [-0.15, -0.1) is 0 Å². The third kappa shape index (κ3) is 1.80.